The van der Waals surface area contributed by atoms with Crippen LogP contribution in [0.2, 0.25) is 0 Å². The quantitative estimate of drug-likeness (QED) is 0.905. The number of nitrogens with zero attached hydrogens (tertiary/aromatic N) is 3. The summed E-state index contributed by atoms with van der Waals surface area (Å²) in [5.74, 6) is 0.540. The van der Waals surface area contributed by atoms with Gasteiger partial charge >= 0.3 is 0 Å². The SMILES string of the molecule is Cc1cncn(CC2CCN(CC3(O)CCC3)CC2)c1=O. The summed E-state index contributed by atoms with van der Waals surface area (Å²) in [6.07, 6.45) is 8.54. The Balaban J connectivity index is 1.51. The van der Waals surface area contributed by atoms with E-state index < -0.39 is 5.60 Å². The Kier molecular flexibility index (Phi) is 4.13. The summed E-state index contributed by atoms with van der Waals surface area (Å²) < 4.78 is 1.75. The van der Waals surface area contributed by atoms with E-state index in [4.69, 9.17) is 0 Å². The van der Waals surface area contributed by atoms with Crippen LogP contribution in [0, 0.1) is 12.8 Å². The largest absolute Gasteiger partial charge is 0.389 e. The lowest BCUT2D eigenvalue weighted by atomic mass is 9.79. The number of aromatic nitrogens is 2. The van der Waals surface area contributed by atoms with Crippen molar-refractivity contribution in [3.05, 3.63) is 28.4 Å². The van der Waals surface area contributed by atoms with Crippen LogP contribution in [0.5, 0.6) is 0 Å². The molecule has 0 bridgehead atoms. The van der Waals surface area contributed by atoms with Crippen LogP contribution in [0.3, 0.4) is 0 Å². The summed E-state index contributed by atoms with van der Waals surface area (Å²) >= 11 is 0. The first-order valence-corrected chi connectivity index (χ1v) is 8.01. The third-order valence-electron chi connectivity index (χ3n) is 5.04. The molecule has 3 rings (SSSR count). The van der Waals surface area contributed by atoms with E-state index in [1.807, 2.05) is 6.92 Å². The Hall–Kier alpha value is -1.20. The molecule has 0 spiro atoms. The summed E-state index contributed by atoms with van der Waals surface area (Å²) in [5.41, 5.74) is 0.378. The van der Waals surface area contributed by atoms with Gasteiger partial charge in [-0.15, -0.1) is 0 Å². The maximum Gasteiger partial charge on any atom is 0.256 e. The average Bonchev–Trinajstić information content (AvgIpc) is 2.44. The van der Waals surface area contributed by atoms with Crippen LogP contribution in [-0.4, -0.2) is 44.8 Å². The first-order chi connectivity index (χ1) is 10.1. The number of aliphatic hydroxyl groups is 1. The van der Waals surface area contributed by atoms with Gasteiger partial charge in [-0.05, 0) is 58.0 Å². The summed E-state index contributed by atoms with van der Waals surface area (Å²) in [6.45, 7) is 5.47. The molecule has 1 aliphatic heterocycles. The zero-order chi connectivity index (χ0) is 14.9. The Morgan fingerprint density at radius 1 is 1.38 bits per heavy atom. The molecule has 116 valence electrons. The second-order valence-electron chi connectivity index (χ2n) is 6.83. The standard InChI is InChI=1S/C16H25N3O2/c1-13-9-17-12-19(15(13)20)10-14-3-7-18(8-4-14)11-16(21)5-2-6-16/h9,12,14,21H,2-8,10-11H2,1H3. The van der Waals surface area contributed by atoms with E-state index in [0.29, 0.717) is 11.5 Å². The van der Waals surface area contributed by atoms with Crippen molar-refractivity contribution in [1.82, 2.24) is 14.5 Å². The van der Waals surface area contributed by atoms with E-state index >= 15 is 0 Å². The van der Waals surface area contributed by atoms with Gasteiger partial charge in [-0.25, -0.2) is 4.98 Å². The maximum atomic E-state index is 12.0. The molecule has 2 fully saturated rings. The van der Waals surface area contributed by atoms with Gasteiger partial charge in [-0.1, -0.05) is 0 Å². The zero-order valence-electron chi connectivity index (χ0n) is 12.8. The zero-order valence-corrected chi connectivity index (χ0v) is 12.8. The minimum absolute atomic E-state index is 0.0798. The van der Waals surface area contributed by atoms with Crippen LogP contribution in [0.4, 0.5) is 0 Å². The van der Waals surface area contributed by atoms with Gasteiger partial charge in [0.15, 0.2) is 0 Å². The molecule has 21 heavy (non-hydrogen) atoms. The number of hydrogen-bond donors (Lipinski definition) is 1. The second kappa shape index (κ2) is 5.89. The summed E-state index contributed by atoms with van der Waals surface area (Å²) in [6, 6.07) is 0. The Bertz CT molecular complexity index is 543. The van der Waals surface area contributed by atoms with E-state index in [1.165, 1.54) is 0 Å². The Labute approximate surface area is 125 Å². The van der Waals surface area contributed by atoms with Crippen molar-refractivity contribution in [2.24, 2.45) is 5.92 Å². The number of likely N-dealkylation sites (tertiary alicyclic amines) is 1. The molecule has 5 nitrogen and oxygen atoms in total. The molecule has 1 saturated heterocycles. The lowest BCUT2D eigenvalue weighted by molar-refractivity contribution is -0.0639. The minimum atomic E-state index is -0.412. The van der Waals surface area contributed by atoms with E-state index in [9.17, 15) is 9.90 Å². The van der Waals surface area contributed by atoms with Gasteiger partial charge in [-0.2, -0.15) is 0 Å². The Morgan fingerprint density at radius 2 is 2.10 bits per heavy atom. The molecule has 0 aromatic carbocycles. The van der Waals surface area contributed by atoms with Gasteiger partial charge in [0.2, 0.25) is 0 Å². The lowest BCUT2D eigenvalue weighted by Gasteiger charge is -2.42. The van der Waals surface area contributed by atoms with Crippen LogP contribution in [0.15, 0.2) is 17.3 Å². The van der Waals surface area contributed by atoms with Crippen molar-refractivity contribution in [2.45, 2.75) is 51.2 Å². The molecule has 5 heteroatoms. The van der Waals surface area contributed by atoms with Crippen molar-refractivity contribution < 1.29 is 5.11 Å². The van der Waals surface area contributed by atoms with Crippen molar-refractivity contribution in [3.63, 3.8) is 0 Å². The van der Waals surface area contributed by atoms with Gasteiger partial charge in [0.1, 0.15) is 0 Å². The van der Waals surface area contributed by atoms with Crippen LogP contribution in [0.25, 0.3) is 0 Å². The van der Waals surface area contributed by atoms with Crippen LogP contribution < -0.4 is 5.56 Å². The molecule has 2 aliphatic rings. The van der Waals surface area contributed by atoms with E-state index in [2.05, 4.69) is 9.88 Å². The number of rotatable bonds is 4. The fourth-order valence-corrected chi connectivity index (χ4v) is 3.45. The molecule has 1 aromatic rings. The van der Waals surface area contributed by atoms with Crippen LogP contribution >= 0.6 is 0 Å². The molecule has 0 amide bonds. The fraction of sp³-hybridized carbons (Fsp3) is 0.750. The molecule has 1 saturated carbocycles. The molecule has 2 heterocycles. The third-order valence-corrected chi connectivity index (χ3v) is 5.04. The molecular formula is C16H25N3O2. The molecule has 0 atom stereocenters. The lowest BCUT2D eigenvalue weighted by Crippen LogP contribution is -2.50. The number of hydrogen-bond acceptors (Lipinski definition) is 4. The number of aryl methyl sites for hydroxylation is 1. The summed E-state index contributed by atoms with van der Waals surface area (Å²) in [4.78, 5) is 18.5. The molecule has 1 N–H and O–H groups in total. The Morgan fingerprint density at radius 3 is 2.71 bits per heavy atom. The van der Waals surface area contributed by atoms with Gasteiger partial charge in [-0.3, -0.25) is 9.36 Å². The van der Waals surface area contributed by atoms with E-state index in [1.54, 1.807) is 17.1 Å². The monoisotopic (exact) mass is 291 g/mol. The van der Waals surface area contributed by atoms with Crippen molar-refractivity contribution in [2.75, 3.05) is 19.6 Å². The number of β-amino-alcohol motifs (C(OH)–C–C–N with tert-alkyl or cyclic N) is 1. The highest BCUT2D eigenvalue weighted by Crippen LogP contribution is 2.33. The highest BCUT2D eigenvalue weighted by atomic mass is 16.3. The smallest absolute Gasteiger partial charge is 0.256 e. The van der Waals surface area contributed by atoms with E-state index in [0.717, 1.165) is 58.3 Å². The predicted molar refractivity (Wildman–Crippen MR) is 81.2 cm³/mol. The highest BCUT2D eigenvalue weighted by Gasteiger charge is 2.36. The van der Waals surface area contributed by atoms with Gasteiger partial charge in [0.05, 0.1) is 11.9 Å². The van der Waals surface area contributed by atoms with E-state index in [-0.39, 0.29) is 5.56 Å². The summed E-state index contributed by atoms with van der Waals surface area (Å²) in [5, 5.41) is 10.2. The minimum Gasteiger partial charge on any atom is -0.389 e. The maximum absolute atomic E-state index is 12.0. The van der Waals surface area contributed by atoms with Gasteiger partial charge in [0, 0.05) is 24.8 Å². The second-order valence-corrected chi connectivity index (χ2v) is 6.83. The topological polar surface area (TPSA) is 58.4 Å². The molecular weight excluding hydrogens is 266 g/mol. The molecule has 0 radical (unpaired) electrons. The molecule has 1 aliphatic carbocycles. The first kappa shape index (κ1) is 14.7. The number of piperidine rings is 1. The van der Waals surface area contributed by atoms with Gasteiger partial charge < -0.3 is 10.0 Å². The molecule has 1 aromatic heterocycles. The van der Waals surface area contributed by atoms with Gasteiger partial charge in [0.25, 0.3) is 5.56 Å². The fourth-order valence-electron chi connectivity index (χ4n) is 3.45. The highest BCUT2D eigenvalue weighted by molar-refractivity contribution is 5.00. The van der Waals surface area contributed by atoms with Crippen molar-refractivity contribution >= 4 is 0 Å². The summed E-state index contributed by atoms with van der Waals surface area (Å²) in [7, 11) is 0. The first-order valence-electron chi connectivity index (χ1n) is 8.01. The normalized spacial score (nSPS) is 23.0. The third kappa shape index (κ3) is 3.35. The van der Waals surface area contributed by atoms with Crippen LogP contribution in [-0.2, 0) is 6.54 Å². The predicted octanol–water partition coefficient (Wildman–Crippen LogP) is 1.18. The van der Waals surface area contributed by atoms with Crippen molar-refractivity contribution in [1.29, 1.82) is 0 Å². The van der Waals surface area contributed by atoms with Crippen molar-refractivity contribution in [3.8, 4) is 0 Å². The molecule has 0 unspecified atom stereocenters. The van der Waals surface area contributed by atoms with Crippen LogP contribution in [0.1, 0.15) is 37.7 Å². The average molecular weight is 291 g/mol.